The van der Waals surface area contributed by atoms with Crippen molar-refractivity contribution in [3.63, 3.8) is 0 Å². The van der Waals surface area contributed by atoms with Crippen LogP contribution in [0.25, 0.3) is 27.9 Å². The average Bonchev–Trinajstić information content (AvgIpc) is 3.42. The largest absolute Gasteiger partial charge is 0.274 e. The third kappa shape index (κ3) is 3.35. The Balaban J connectivity index is 1.43. The number of fused-ring (bicyclic) bond motifs is 3. The second kappa shape index (κ2) is 7.83. The molecule has 0 saturated carbocycles. The summed E-state index contributed by atoms with van der Waals surface area (Å²) in [6, 6.07) is 26.4. The topological polar surface area (TPSA) is 80.5 Å². The van der Waals surface area contributed by atoms with Gasteiger partial charge in [0.15, 0.2) is 16.6 Å². The summed E-state index contributed by atoms with van der Waals surface area (Å²) >= 11 is 1.25. The van der Waals surface area contributed by atoms with Gasteiger partial charge in [0.05, 0.1) is 11.2 Å². The molecule has 2 aromatic heterocycles. The van der Waals surface area contributed by atoms with E-state index in [1.165, 1.54) is 16.7 Å². The highest BCUT2D eigenvalue weighted by molar-refractivity contribution is 8.00. The maximum Gasteiger partial charge on any atom is 0.247 e. The molecule has 1 atom stereocenters. The number of aromatic nitrogens is 4. The zero-order valence-corrected chi connectivity index (χ0v) is 18.1. The molecular formula is C25H17N5O2S. The van der Waals surface area contributed by atoms with Gasteiger partial charge in [-0.05, 0) is 24.3 Å². The molecule has 5 aromatic rings. The summed E-state index contributed by atoms with van der Waals surface area (Å²) in [6.07, 6.45) is 0.106. The molecule has 1 aliphatic rings. The number of carbonyl (C=O) groups excluding carboxylic acids is 2. The van der Waals surface area contributed by atoms with Crippen LogP contribution in [0.15, 0.2) is 90.1 Å². The van der Waals surface area contributed by atoms with Crippen LogP contribution < -0.4 is 4.90 Å². The molecule has 1 fully saturated rings. The third-order valence-corrected chi connectivity index (χ3v) is 6.68. The Labute approximate surface area is 193 Å². The maximum absolute atomic E-state index is 13.2. The fourth-order valence-electron chi connectivity index (χ4n) is 3.99. The van der Waals surface area contributed by atoms with E-state index in [4.69, 9.17) is 15.1 Å². The lowest BCUT2D eigenvalue weighted by Crippen LogP contribution is -2.31. The highest BCUT2D eigenvalue weighted by Gasteiger charge is 2.41. The van der Waals surface area contributed by atoms with Crippen molar-refractivity contribution in [3.8, 4) is 11.4 Å². The lowest BCUT2D eigenvalue weighted by molar-refractivity contribution is -0.121. The van der Waals surface area contributed by atoms with Crippen LogP contribution in [-0.4, -0.2) is 36.6 Å². The summed E-state index contributed by atoms with van der Waals surface area (Å²) in [5.74, 6) is 0.113. The van der Waals surface area contributed by atoms with Gasteiger partial charge in [-0.2, -0.15) is 4.52 Å². The van der Waals surface area contributed by atoms with Gasteiger partial charge >= 0.3 is 0 Å². The van der Waals surface area contributed by atoms with Crippen LogP contribution in [0.3, 0.4) is 0 Å². The van der Waals surface area contributed by atoms with Crippen molar-refractivity contribution in [2.45, 2.75) is 16.8 Å². The molecule has 1 saturated heterocycles. The molecule has 0 radical (unpaired) electrons. The van der Waals surface area contributed by atoms with Gasteiger partial charge in [-0.3, -0.25) is 9.59 Å². The monoisotopic (exact) mass is 451 g/mol. The summed E-state index contributed by atoms with van der Waals surface area (Å²) < 4.78 is 1.68. The van der Waals surface area contributed by atoms with Gasteiger partial charge < -0.3 is 0 Å². The smallest absolute Gasteiger partial charge is 0.247 e. The molecule has 3 aromatic carbocycles. The standard InChI is InChI=1S/C25H17N5O2S/c31-21-15-20(24(32)29(21)17-11-5-2-6-12-17)33-25-26-19-14-8-7-13-18(19)23-27-22(28-30(23)25)16-9-3-1-4-10-16/h1-14,20H,15H2/t20-/m1/s1. The lowest BCUT2D eigenvalue weighted by Gasteiger charge is -2.14. The van der Waals surface area contributed by atoms with Crippen LogP contribution in [0.4, 0.5) is 5.69 Å². The minimum atomic E-state index is -0.584. The molecule has 2 amide bonds. The Bertz CT molecular complexity index is 1520. The number of thioether (sulfide) groups is 1. The molecule has 33 heavy (non-hydrogen) atoms. The predicted molar refractivity (Wildman–Crippen MR) is 127 cm³/mol. The first-order valence-corrected chi connectivity index (χ1v) is 11.4. The zero-order valence-electron chi connectivity index (χ0n) is 17.3. The van der Waals surface area contributed by atoms with Crippen LogP contribution in [0.1, 0.15) is 6.42 Å². The van der Waals surface area contributed by atoms with Gasteiger partial charge in [0.25, 0.3) is 0 Å². The Morgan fingerprint density at radius 3 is 2.30 bits per heavy atom. The Kier molecular flexibility index (Phi) is 4.66. The van der Waals surface area contributed by atoms with Gasteiger partial charge in [0, 0.05) is 17.4 Å². The van der Waals surface area contributed by atoms with E-state index in [1.54, 1.807) is 16.6 Å². The van der Waals surface area contributed by atoms with Crippen molar-refractivity contribution < 1.29 is 9.59 Å². The molecular weight excluding hydrogens is 434 g/mol. The predicted octanol–water partition coefficient (Wildman–Crippen LogP) is 4.37. The van der Waals surface area contributed by atoms with Gasteiger partial charge in [0.2, 0.25) is 11.8 Å². The Hall–Kier alpha value is -4.04. The van der Waals surface area contributed by atoms with E-state index in [0.717, 1.165) is 16.5 Å². The van der Waals surface area contributed by atoms with Gasteiger partial charge in [-0.25, -0.2) is 14.9 Å². The first-order valence-electron chi connectivity index (χ1n) is 10.5. The normalized spacial score (nSPS) is 16.2. The number of nitrogens with zero attached hydrogens (tertiary/aromatic N) is 5. The van der Waals surface area contributed by atoms with E-state index in [2.05, 4.69) is 0 Å². The molecule has 0 aliphatic carbocycles. The van der Waals surface area contributed by atoms with E-state index >= 15 is 0 Å². The maximum atomic E-state index is 13.2. The number of hydrogen-bond acceptors (Lipinski definition) is 6. The van der Waals surface area contributed by atoms with Crippen molar-refractivity contribution in [2.75, 3.05) is 4.90 Å². The highest BCUT2D eigenvalue weighted by Crippen LogP contribution is 2.35. The molecule has 0 unspecified atom stereocenters. The van der Waals surface area contributed by atoms with Crippen LogP contribution in [0.5, 0.6) is 0 Å². The van der Waals surface area contributed by atoms with E-state index < -0.39 is 5.25 Å². The molecule has 160 valence electrons. The molecule has 0 N–H and O–H groups in total. The quantitative estimate of drug-likeness (QED) is 0.298. The minimum Gasteiger partial charge on any atom is -0.274 e. The molecule has 1 aliphatic heterocycles. The van der Waals surface area contributed by atoms with E-state index in [-0.39, 0.29) is 18.2 Å². The third-order valence-electron chi connectivity index (χ3n) is 5.55. The SMILES string of the molecule is O=C1C[C@@H](Sc2nc3ccccc3c3nc(-c4ccccc4)nn23)C(=O)N1c1ccccc1. The van der Waals surface area contributed by atoms with Crippen molar-refractivity contribution in [2.24, 2.45) is 0 Å². The number of imide groups is 1. The van der Waals surface area contributed by atoms with Crippen molar-refractivity contribution in [1.82, 2.24) is 19.6 Å². The molecule has 0 bridgehead atoms. The molecule has 3 heterocycles. The fraction of sp³-hybridized carbons (Fsp3) is 0.0800. The Morgan fingerprint density at radius 1 is 0.818 bits per heavy atom. The van der Waals surface area contributed by atoms with Gasteiger partial charge in [-0.1, -0.05) is 72.4 Å². The van der Waals surface area contributed by atoms with Crippen LogP contribution in [0.2, 0.25) is 0 Å². The number of amides is 2. The summed E-state index contributed by atoms with van der Waals surface area (Å²) in [5, 5.41) is 5.52. The van der Waals surface area contributed by atoms with Crippen molar-refractivity contribution in [1.29, 1.82) is 0 Å². The van der Waals surface area contributed by atoms with E-state index in [1.807, 2.05) is 72.8 Å². The summed E-state index contributed by atoms with van der Waals surface area (Å²) in [5.41, 5.74) is 2.90. The minimum absolute atomic E-state index is 0.106. The van der Waals surface area contributed by atoms with E-state index in [9.17, 15) is 9.59 Å². The second-order valence-electron chi connectivity index (χ2n) is 7.66. The first-order chi connectivity index (χ1) is 16.2. The number of carbonyl (C=O) groups is 2. The summed E-state index contributed by atoms with van der Waals surface area (Å²) in [6.45, 7) is 0. The number of anilines is 1. The zero-order chi connectivity index (χ0) is 22.4. The molecule has 8 heteroatoms. The van der Waals surface area contributed by atoms with Crippen molar-refractivity contribution in [3.05, 3.63) is 84.9 Å². The highest BCUT2D eigenvalue weighted by atomic mass is 32.2. The lowest BCUT2D eigenvalue weighted by atomic mass is 10.2. The number of rotatable bonds is 4. The second-order valence-corrected chi connectivity index (χ2v) is 8.83. The van der Waals surface area contributed by atoms with E-state index in [0.29, 0.717) is 22.3 Å². The summed E-state index contributed by atoms with van der Waals surface area (Å²) in [4.78, 5) is 36.7. The van der Waals surface area contributed by atoms with Crippen LogP contribution in [-0.2, 0) is 9.59 Å². The molecule has 0 spiro atoms. The van der Waals surface area contributed by atoms with Gasteiger partial charge in [-0.15, -0.1) is 5.10 Å². The number of para-hydroxylation sites is 2. The fourth-order valence-corrected chi connectivity index (χ4v) is 5.05. The van der Waals surface area contributed by atoms with Crippen LogP contribution >= 0.6 is 11.8 Å². The average molecular weight is 452 g/mol. The van der Waals surface area contributed by atoms with Gasteiger partial charge in [0.1, 0.15) is 5.25 Å². The number of benzene rings is 3. The Morgan fingerprint density at radius 2 is 1.52 bits per heavy atom. The summed E-state index contributed by atoms with van der Waals surface area (Å²) in [7, 11) is 0. The van der Waals surface area contributed by atoms with Crippen LogP contribution in [0, 0.1) is 0 Å². The number of hydrogen-bond donors (Lipinski definition) is 0. The van der Waals surface area contributed by atoms with Crippen molar-refractivity contribution >= 4 is 45.8 Å². The molecule has 7 nitrogen and oxygen atoms in total. The first kappa shape index (κ1) is 19.6. The molecule has 6 rings (SSSR count).